The van der Waals surface area contributed by atoms with Crippen LogP contribution in [0.1, 0.15) is 15.9 Å². The second-order valence-corrected chi connectivity index (χ2v) is 8.11. The van der Waals surface area contributed by atoms with Crippen LogP contribution in [-0.4, -0.2) is 43.1 Å². The Hall–Kier alpha value is -3.45. The zero-order valence-corrected chi connectivity index (χ0v) is 17.2. The maximum atomic E-state index is 13.4. The second-order valence-electron chi connectivity index (χ2n) is 8.11. The van der Waals surface area contributed by atoms with Crippen molar-refractivity contribution in [3.8, 4) is 5.75 Å². The molecule has 0 aromatic heterocycles. The monoisotopic (exact) mass is 418 g/mol. The number of ether oxygens (including phenoxy) is 2. The zero-order valence-electron chi connectivity index (χ0n) is 17.2. The second kappa shape index (κ2) is 7.06. The maximum absolute atomic E-state index is 13.4. The Kier molecular flexibility index (Phi) is 4.44. The number of amides is 3. The Morgan fingerprint density at radius 2 is 1.87 bits per heavy atom. The predicted octanol–water partition coefficient (Wildman–Crippen LogP) is 2.25. The minimum absolute atomic E-state index is 0.104. The first-order chi connectivity index (χ1) is 14.9. The Morgan fingerprint density at radius 3 is 2.58 bits per heavy atom. The van der Waals surface area contributed by atoms with Crippen LogP contribution in [0.3, 0.4) is 0 Å². The van der Waals surface area contributed by atoms with E-state index in [1.54, 1.807) is 37.4 Å². The van der Waals surface area contributed by atoms with Crippen LogP contribution in [0.5, 0.6) is 5.75 Å². The van der Waals surface area contributed by atoms with Crippen LogP contribution in [0, 0.1) is 18.8 Å². The van der Waals surface area contributed by atoms with Gasteiger partial charge in [-0.15, -0.1) is 0 Å². The third kappa shape index (κ3) is 2.88. The number of rotatable bonds is 5. The van der Waals surface area contributed by atoms with Crippen molar-refractivity contribution in [2.24, 2.45) is 11.8 Å². The fourth-order valence-electron chi connectivity index (χ4n) is 4.82. The molecule has 0 aliphatic carbocycles. The van der Waals surface area contributed by atoms with Gasteiger partial charge in [-0.2, -0.15) is 0 Å². The van der Waals surface area contributed by atoms with E-state index < -0.39 is 23.5 Å². The number of fused-ring (bicyclic) bond motifs is 5. The zero-order chi connectivity index (χ0) is 21.8. The minimum atomic E-state index is -1.03. The molecule has 2 saturated heterocycles. The highest BCUT2D eigenvalue weighted by Gasteiger charge is 2.67. The van der Waals surface area contributed by atoms with Crippen molar-refractivity contribution in [1.82, 2.24) is 5.32 Å². The average Bonchev–Trinajstić information content (AvgIpc) is 3.43. The largest absolute Gasteiger partial charge is 0.497 e. The first-order valence-electron chi connectivity index (χ1n) is 10.2. The fourth-order valence-corrected chi connectivity index (χ4v) is 4.82. The third-order valence-electron chi connectivity index (χ3n) is 6.39. The van der Waals surface area contributed by atoms with Gasteiger partial charge < -0.3 is 14.8 Å². The van der Waals surface area contributed by atoms with Gasteiger partial charge in [0.25, 0.3) is 5.91 Å². The van der Waals surface area contributed by atoms with Gasteiger partial charge in [0, 0.05) is 5.56 Å². The van der Waals surface area contributed by atoms with Crippen LogP contribution in [0.25, 0.3) is 0 Å². The SMILES string of the molecule is COc1ccc(C(=O)NC[C@@]23C=C[C@H](O2)[C@H]2C(=O)N(c4ccccc4C)C(=O)[C@H]23)cc1. The lowest BCUT2D eigenvalue weighted by Crippen LogP contribution is -2.48. The number of imide groups is 1. The molecule has 2 aromatic carbocycles. The first kappa shape index (κ1) is 19.5. The van der Waals surface area contributed by atoms with E-state index in [1.165, 1.54) is 4.90 Å². The van der Waals surface area contributed by atoms with E-state index >= 15 is 0 Å². The molecular weight excluding hydrogens is 396 g/mol. The summed E-state index contributed by atoms with van der Waals surface area (Å²) >= 11 is 0. The van der Waals surface area contributed by atoms with Crippen molar-refractivity contribution in [1.29, 1.82) is 0 Å². The molecule has 7 heteroatoms. The molecule has 0 radical (unpaired) electrons. The van der Waals surface area contributed by atoms with E-state index in [4.69, 9.17) is 9.47 Å². The van der Waals surface area contributed by atoms with E-state index in [0.29, 0.717) is 17.0 Å². The molecule has 7 nitrogen and oxygen atoms in total. The molecule has 3 aliphatic heterocycles. The number of carbonyl (C=O) groups excluding carboxylic acids is 3. The van der Waals surface area contributed by atoms with Crippen LogP contribution < -0.4 is 15.0 Å². The van der Waals surface area contributed by atoms with Crippen LogP contribution in [0.15, 0.2) is 60.7 Å². The van der Waals surface area contributed by atoms with Crippen molar-refractivity contribution in [2.75, 3.05) is 18.6 Å². The van der Waals surface area contributed by atoms with Crippen molar-refractivity contribution in [3.05, 3.63) is 71.8 Å². The van der Waals surface area contributed by atoms with Crippen LogP contribution in [0.2, 0.25) is 0 Å². The number of para-hydroxylation sites is 1. The van der Waals surface area contributed by atoms with Gasteiger partial charge in [-0.1, -0.05) is 30.4 Å². The first-order valence-corrected chi connectivity index (χ1v) is 10.2. The molecule has 5 rings (SSSR count). The average molecular weight is 418 g/mol. The van der Waals surface area contributed by atoms with E-state index in [1.807, 2.05) is 37.3 Å². The summed E-state index contributed by atoms with van der Waals surface area (Å²) in [6.07, 6.45) is 3.18. The lowest BCUT2D eigenvalue weighted by Gasteiger charge is -2.29. The summed E-state index contributed by atoms with van der Waals surface area (Å²) < 4.78 is 11.2. The molecule has 0 saturated carbocycles. The van der Waals surface area contributed by atoms with Crippen molar-refractivity contribution < 1.29 is 23.9 Å². The van der Waals surface area contributed by atoms with Crippen LogP contribution >= 0.6 is 0 Å². The summed E-state index contributed by atoms with van der Waals surface area (Å²) in [7, 11) is 1.56. The quantitative estimate of drug-likeness (QED) is 0.595. The molecule has 158 valence electrons. The molecule has 0 unspecified atom stereocenters. The Balaban J connectivity index is 1.38. The molecule has 2 bridgehead atoms. The molecular formula is C24H22N2O5. The summed E-state index contributed by atoms with van der Waals surface area (Å²) in [5, 5.41) is 2.87. The summed E-state index contributed by atoms with van der Waals surface area (Å²) in [6, 6.07) is 14.1. The van der Waals surface area contributed by atoms with Gasteiger partial charge >= 0.3 is 0 Å². The molecule has 3 heterocycles. The lowest BCUT2D eigenvalue weighted by atomic mass is 9.77. The molecule has 0 spiro atoms. The lowest BCUT2D eigenvalue weighted by molar-refractivity contribution is -0.126. The van der Waals surface area contributed by atoms with E-state index in [-0.39, 0.29) is 24.3 Å². The summed E-state index contributed by atoms with van der Waals surface area (Å²) in [5.41, 5.74) is 0.901. The van der Waals surface area contributed by atoms with Crippen LogP contribution in [-0.2, 0) is 14.3 Å². The van der Waals surface area contributed by atoms with Gasteiger partial charge in [0.1, 0.15) is 11.4 Å². The van der Waals surface area contributed by atoms with Crippen molar-refractivity contribution in [3.63, 3.8) is 0 Å². The van der Waals surface area contributed by atoms with Gasteiger partial charge in [-0.3, -0.25) is 14.4 Å². The highest BCUT2D eigenvalue weighted by atomic mass is 16.5. The van der Waals surface area contributed by atoms with E-state index in [0.717, 1.165) is 5.56 Å². The topological polar surface area (TPSA) is 84.9 Å². The molecule has 2 fully saturated rings. The van der Waals surface area contributed by atoms with E-state index in [9.17, 15) is 14.4 Å². The van der Waals surface area contributed by atoms with Gasteiger partial charge in [0.2, 0.25) is 11.8 Å². The standard InChI is InChI=1S/C24H22N2O5/c1-14-5-3-4-6-17(14)26-22(28)19-18-11-12-24(31-18,20(19)23(26)29)13-25-21(27)15-7-9-16(30-2)10-8-15/h3-12,18-20H,13H2,1-2H3,(H,25,27)/t18-,19+,20-,24+/m0/s1. The summed E-state index contributed by atoms with van der Waals surface area (Å²) in [6.45, 7) is 1.98. The number of hydrogen-bond donors (Lipinski definition) is 1. The maximum Gasteiger partial charge on any atom is 0.251 e. The normalized spacial score (nSPS) is 28.2. The highest BCUT2D eigenvalue weighted by Crippen LogP contribution is 2.52. The van der Waals surface area contributed by atoms with Crippen LogP contribution in [0.4, 0.5) is 5.69 Å². The molecule has 31 heavy (non-hydrogen) atoms. The summed E-state index contributed by atoms with van der Waals surface area (Å²) in [4.78, 5) is 40.5. The Bertz CT molecular complexity index is 1110. The fraction of sp³-hybridized carbons (Fsp3) is 0.292. The van der Waals surface area contributed by atoms with Gasteiger partial charge in [-0.25, -0.2) is 4.90 Å². The predicted molar refractivity (Wildman–Crippen MR) is 113 cm³/mol. The number of nitrogens with zero attached hydrogens (tertiary/aromatic N) is 1. The number of methoxy groups -OCH3 is 1. The number of carbonyl (C=O) groups is 3. The van der Waals surface area contributed by atoms with E-state index in [2.05, 4.69) is 5.32 Å². The van der Waals surface area contributed by atoms with Gasteiger partial charge in [-0.05, 0) is 42.8 Å². The molecule has 4 atom stereocenters. The number of aryl methyl sites for hydroxylation is 1. The van der Waals surface area contributed by atoms with Gasteiger partial charge in [0.05, 0.1) is 37.3 Å². The highest BCUT2D eigenvalue weighted by molar-refractivity contribution is 6.23. The molecule has 2 aromatic rings. The Morgan fingerprint density at radius 1 is 1.13 bits per heavy atom. The molecule has 3 aliphatic rings. The third-order valence-corrected chi connectivity index (χ3v) is 6.39. The Labute approximate surface area is 179 Å². The van der Waals surface area contributed by atoms with Crippen molar-refractivity contribution >= 4 is 23.4 Å². The van der Waals surface area contributed by atoms with Gasteiger partial charge in [0.15, 0.2) is 0 Å². The number of benzene rings is 2. The smallest absolute Gasteiger partial charge is 0.251 e. The summed E-state index contributed by atoms with van der Waals surface area (Å²) in [5.74, 6) is -1.39. The minimum Gasteiger partial charge on any atom is -0.497 e. The number of nitrogens with one attached hydrogen (secondary N) is 1. The van der Waals surface area contributed by atoms with Crippen molar-refractivity contribution in [2.45, 2.75) is 18.6 Å². The molecule has 3 amide bonds. The number of hydrogen-bond acceptors (Lipinski definition) is 5. The molecule has 1 N–H and O–H groups in total. The number of anilines is 1.